The van der Waals surface area contributed by atoms with Crippen molar-refractivity contribution in [2.24, 2.45) is 5.73 Å². The lowest BCUT2D eigenvalue weighted by Crippen LogP contribution is -2.15. The number of ether oxygens (including phenoxy) is 2. The maximum atomic E-state index is 5.60. The van der Waals surface area contributed by atoms with E-state index in [0.29, 0.717) is 19.0 Å². The lowest BCUT2D eigenvalue weighted by atomic mass is 10.1. The minimum absolute atomic E-state index is 0. The van der Waals surface area contributed by atoms with Crippen molar-refractivity contribution in [3.8, 4) is 0 Å². The second-order valence-corrected chi connectivity index (χ2v) is 7.04. The summed E-state index contributed by atoms with van der Waals surface area (Å²) in [5, 5.41) is 3.36. The molecular formula is C29H43ClN2O2. The molecule has 0 bridgehead atoms. The number of rotatable bonds is 14. The number of hydrogen-bond acceptors (Lipinski definition) is 4. The van der Waals surface area contributed by atoms with E-state index in [1.807, 2.05) is 36.4 Å². The van der Waals surface area contributed by atoms with Gasteiger partial charge in [-0.1, -0.05) is 94.4 Å². The number of benzene rings is 2. The van der Waals surface area contributed by atoms with Crippen molar-refractivity contribution < 1.29 is 9.47 Å². The van der Waals surface area contributed by atoms with Gasteiger partial charge in [-0.15, -0.1) is 11.6 Å². The lowest BCUT2D eigenvalue weighted by Gasteiger charge is -2.05. The molecule has 3 N–H and O–H groups in total. The van der Waals surface area contributed by atoms with Crippen molar-refractivity contribution in [1.29, 1.82) is 0 Å². The Hall–Kier alpha value is -2.79. The Morgan fingerprint density at radius 2 is 1.24 bits per heavy atom. The zero-order valence-electron chi connectivity index (χ0n) is 19.7. The molecule has 34 heavy (non-hydrogen) atoms. The van der Waals surface area contributed by atoms with Gasteiger partial charge in [0.1, 0.15) is 0 Å². The number of halogens is 1. The van der Waals surface area contributed by atoms with Crippen molar-refractivity contribution in [3.63, 3.8) is 0 Å². The van der Waals surface area contributed by atoms with E-state index < -0.39 is 0 Å². The number of alkyl halides is 1. The van der Waals surface area contributed by atoms with Gasteiger partial charge in [-0.2, -0.15) is 0 Å². The van der Waals surface area contributed by atoms with Crippen LogP contribution in [0, 0.1) is 0 Å². The standard InChI is InChI=1S/C14H19NO.C9H9Cl.C5H11NO.CH4/c1-3-13-6-8-14(9-7-13)12-15-10-5-11-16-4-2;1-2-8-3-5-9(7-10)6-4-8;1-2-7-5-3-4-6;/h3-4,6-9,15H,1-2,5,10-12H2;2-6H,1,7H2;2H,1,3-6H2;1H4. The van der Waals surface area contributed by atoms with E-state index in [1.165, 1.54) is 18.1 Å². The highest BCUT2D eigenvalue weighted by molar-refractivity contribution is 6.17. The zero-order chi connectivity index (χ0) is 24.6. The van der Waals surface area contributed by atoms with Gasteiger partial charge in [-0.05, 0) is 48.2 Å². The van der Waals surface area contributed by atoms with Crippen molar-refractivity contribution in [1.82, 2.24) is 5.32 Å². The molecule has 0 saturated heterocycles. The van der Waals surface area contributed by atoms with Crippen LogP contribution < -0.4 is 11.1 Å². The highest BCUT2D eigenvalue weighted by Crippen LogP contribution is 2.07. The topological polar surface area (TPSA) is 56.5 Å². The SMILES string of the molecule is C.C=COCCCN.C=COCCCNCc1ccc(C=C)cc1.C=Cc1ccc(CCl)cc1. The summed E-state index contributed by atoms with van der Waals surface area (Å²) in [6.07, 6.45) is 8.48. The van der Waals surface area contributed by atoms with Crippen molar-refractivity contribution >= 4 is 23.8 Å². The minimum Gasteiger partial charge on any atom is -0.502 e. The molecule has 0 amide bonds. The van der Waals surface area contributed by atoms with Crippen LogP contribution in [0.1, 0.15) is 42.5 Å². The Kier molecular flexibility index (Phi) is 24.4. The first-order chi connectivity index (χ1) is 16.1. The first kappa shape index (κ1) is 33.4. The quantitative estimate of drug-likeness (QED) is 0.169. The van der Waals surface area contributed by atoms with E-state index in [0.717, 1.165) is 49.2 Å². The predicted octanol–water partition coefficient (Wildman–Crippen LogP) is 7.17. The normalized spacial score (nSPS) is 9.00. The first-order valence-electron chi connectivity index (χ1n) is 11.0. The highest BCUT2D eigenvalue weighted by Gasteiger charge is 1.92. The van der Waals surface area contributed by atoms with Gasteiger partial charge in [0.15, 0.2) is 0 Å². The van der Waals surface area contributed by atoms with Crippen molar-refractivity contribution in [3.05, 3.63) is 110 Å². The van der Waals surface area contributed by atoms with E-state index in [4.69, 9.17) is 26.8 Å². The number of nitrogens with two attached hydrogens (primary N) is 1. The van der Waals surface area contributed by atoms with Crippen LogP contribution in [0.4, 0.5) is 0 Å². The Morgan fingerprint density at radius 1 is 0.765 bits per heavy atom. The van der Waals surface area contributed by atoms with Crippen LogP contribution in [0.3, 0.4) is 0 Å². The molecule has 0 atom stereocenters. The third-order valence-electron chi connectivity index (χ3n) is 4.23. The monoisotopic (exact) mass is 486 g/mol. The fraction of sp³-hybridized carbons (Fsp3) is 0.310. The summed E-state index contributed by atoms with van der Waals surface area (Å²) >= 11 is 5.60. The van der Waals surface area contributed by atoms with Gasteiger partial charge in [0.05, 0.1) is 25.7 Å². The third kappa shape index (κ3) is 18.8. The van der Waals surface area contributed by atoms with Gasteiger partial charge in [0, 0.05) is 12.4 Å². The lowest BCUT2D eigenvalue weighted by molar-refractivity contribution is 0.244. The molecule has 0 aliphatic carbocycles. The van der Waals surface area contributed by atoms with Crippen LogP contribution in [0.5, 0.6) is 0 Å². The van der Waals surface area contributed by atoms with Crippen LogP contribution in [0.25, 0.3) is 12.2 Å². The van der Waals surface area contributed by atoms with E-state index in [-0.39, 0.29) is 7.43 Å². The molecule has 188 valence electrons. The molecule has 2 rings (SSSR count). The van der Waals surface area contributed by atoms with Crippen molar-refractivity contribution in [2.75, 3.05) is 26.3 Å². The van der Waals surface area contributed by atoms with Crippen LogP contribution in [-0.4, -0.2) is 26.3 Å². The maximum Gasteiger partial charge on any atom is 0.0885 e. The molecule has 0 aliphatic heterocycles. The Bertz CT molecular complexity index is 759. The molecule has 2 aromatic carbocycles. The zero-order valence-corrected chi connectivity index (χ0v) is 20.4. The van der Waals surface area contributed by atoms with E-state index >= 15 is 0 Å². The Balaban J connectivity index is 0. The molecule has 0 aliphatic rings. The first-order valence-corrected chi connectivity index (χ1v) is 11.5. The van der Waals surface area contributed by atoms with Crippen molar-refractivity contribution in [2.45, 2.75) is 32.7 Å². The summed E-state index contributed by atoms with van der Waals surface area (Å²) in [7, 11) is 0. The van der Waals surface area contributed by atoms with Gasteiger partial charge < -0.3 is 20.5 Å². The summed E-state index contributed by atoms with van der Waals surface area (Å²) in [5.41, 5.74) is 9.88. The maximum absolute atomic E-state index is 5.60. The van der Waals surface area contributed by atoms with Crippen LogP contribution in [0.15, 0.2) is 87.4 Å². The summed E-state index contributed by atoms with van der Waals surface area (Å²) in [4.78, 5) is 0. The average Bonchev–Trinajstić information content (AvgIpc) is 2.87. The van der Waals surface area contributed by atoms with E-state index in [9.17, 15) is 0 Å². The molecule has 4 nitrogen and oxygen atoms in total. The predicted molar refractivity (Wildman–Crippen MR) is 152 cm³/mol. The fourth-order valence-corrected chi connectivity index (χ4v) is 2.54. The van der Waals surface area contributed by atoms with Gasteiger partial charge in [0.25, 0.3) is 0 Å². The molecule has 2 aromatic rings. The van der Waals surface area contributed by atoms with Gasteiger partial charge in [-0.3, -0.25) is 0 Å². The minimum atomic E-state index is 0. The largest absolute Gasteiger partial charge is 0.502 e. The van der Waals surface area contributed by atoms with Crippen LogP contribution >= 0.6 is 11.6 Å². The Labute approximate surface area is 212 Å². The summed E-state index contributed by atoms with van der Waals surface area (Å²) in [6.45, 7) is 18.2. The molecule has 0 unspecified atom stereocenters. The van der Waals surface area contributed by atoms with Gasteiger partial charge >= 0.3 is 0 Å². The number of nitrogens with one attached hydrogen (secondary N) is 1. The average molecular weight is 487 g/mol. The molecule has 0 aromatic heterocycles. The molecule has 5 heteroatoms. The molecule has 0 saturated carbocycles. The number of hydrogen-bond donors (Lipinski definition) is 2. The highest BCUT2D eigenvalue weighted by atomic mass is 35.5. The van der Waals surface area contributed by atoms with Crippen LogP contribution in [-0.2, 0) is 21.9 Å². The fourth-order valence-electron chi connectivity index (χ4n) is 2.36. The van der Waals surface area contributed by atoms with E-state index in [1.54, 1.807) is 0 Å². The second-order valence-electron chi connectivity index (χ2n) is 6.77. The molecular weight excluding hydrogens is 444 g/mol. The van der Waals surface area contributed by atoms with Crippen LogP contribution in [0.2, 0.25) is 0 Å². The second kappa shape index (κ2) is 24.8. The summed E-state index contributed by atoms with van der Waals surface area (Å²) < 4.78 is 9.79. The molecule has 0 spiro atoms. The summed E-state index contributed by atoms with van der Waals surface area (Å²) in [6, 6.07) is 16.4. The third-order valence-corrected chi connectivity index (χ3v) is 4.54. The summed E-state index contributed by atoms with van der Waals surface area (Å²) in [5.74, 6) is 0.581. The molecule has 0 heterocycles. The molecule has 0 radical (unpaired) electrons. The van der Waals surface area contributed by atoms with Gasteiger partial charge in [0.2, 0.25) is 0 Å². The Morgan fingerprint density at radius 3 is 1.65 bits per heavy atom. The molecule has 0 fully saturated rings. The van der Waals surface area contributed by atoms with E-state index in [2.05, 4.69) is 55.9 Å². The van der Waals surface area contributed by atoms with Gasteiger partial charge in [-0.25, -0.2) is 0 Å². The smallest absolute Gasteiger partial charge is 0.0885 e.